The number of anilines is 1. The summed E-state index contributed by atoms with van der Waals surface area (Å²) in [5.41, 5.74) is 3.29. The van der Waals surface area contributed by atoms with E-state index >= 15 is 0 Å². The van der Waals surface area contributed by atoms with Gasteiger partial charge in [0.25, 0.3) is 11.8 Å². The number of nitrogens with one attached hydrogen (secondary N) is 2. The Morgan fingerprint density at radius 3 is 2.28 bits per heavy atom. The predicted molar refractivity (Wildman–Crippen MR) is 114 cm³/mol. The quantitative estimate of drug-likeness (QED) is 0.659. The first-order valence-electron chi connectivity index (χ1n) is 9.82. The monoisotopic (exact) mass is 388 g/mol. The van der Waals surface area contributed by atoms with Crippen LogP contribution in [0.4, 0.5) is 5.69 Å². The zero-order chi connectivity index (χ0) is 20.4. The van der Waals surface area contributed by atoms with Crippen LogP contribution in [-0.4, -0.2) is 24.5 Å². The lowest BCUT2D eigenvalue weighted by Crippen LogP contribution is -2.30. The number of aryl methyl sites for hydroxylation is 2. The maximum absolute atomic E-state index is 13.0. The minimum Gasteiger partial charge on any atom is -0.483 e. The van der Waals surface area contributed by atoms with Crippen molar-refractivity contribution in [3.05, 3.63) is 71.3 Å². The Balaban J connectivity index is 1.61. The second-order valence-corrected chi connectivity index (χ2v) is 7.66. The average Bonchev–Trinajstić information content (AvgIpc) is 3.48. The van der Waals surface area contributed by atoms with Gasteiger partial charge in [-0.05, 0) is 72.9 Å². The third-order valence-electron chi connectivity index (χ3n) is 4.87. The lowest BCUT2D eigenvalue weighted by molar-refractivity contribution is -0.123. The number of carbonyl (C=O) groups excluding carboxylic acids is 2. The van der Waals surface area contributed by atoms with Gasteiger partial charge in [-0.25, -0.2) is 0 Å². The number of fused-ring (bicyclic) bond motifs is 1. The van der Waals surface area contributed by atoms with Crippen LogP contribution in [0.15, 0.2) is 54.6 Å². The lowest BCUT2D eigenvalue weighted by Gasteiger charge is -2.14. The van der Waals surface area contributed by atoms with E-state index in [4.69, 9.17) is 4.74 Å². The Morgan fingerprint density at radius 2 is 1.62 bits per heavy atom. The van der Waals surface area contributed by atoms with E-state index in [1.54, 1.807) is 6.07 Å². The van der Waals surface area contributed by atoms with Crippen molar-refractivity contribution in [2.75, 3.05) is 11.9 Å². The summed E-state index contributed by atoms with van der Waals surface area (Å²) in [4.78, 5) is 25.1. The Hall–Kier alpha value is -3.34. The van der Waals surface area contributed by atoms with Crippen molar-refractivity contribution in [2.45, 2.75) is 32.7 Å². The van der Waals surface area contributed by atoms with Crippen LogP contribution in [0.25, 0.3) is 10.8 Å². The van der Waals surface area contributed by atoms with Crippen LogP contribution in [-0.2, 0) is 4.79 Å². The molecule has 0 heterocycles. The van der Waals surface area contributed by atoms with Crippen molar-refractivity contribution in [2.24, 2.45) is 0 Å². The third-order valence-corrected chi connectivity index (χ3v) is 4.87. The van der Waals surface area contributed by atoms with Crippen LogP contribution >= 0.6 is 0 Å². The number of rotatable bonds is 6. The molecule has 2 amide bonds. The van der Waals surface area contributed by atoms with Crippen LogP contribution in [0.3, 0.4) is 0 Å². The second kappa shape index (κ2) is 7.95. The fraction of sp³-hybridized carbons (Fsp3) is 0.250. The summed E-state index contributed by atoms with van der Waals surface area (Å²) in [6.45, 7) is 3.87. The van der Waals surface area contributed by atoms with E-state index in [-0.39, 0.29) is 24.5 Å². The average molecular weight is 388 g/mol. The molecule has 1 fully saturated rings. The van der Waals surface area contributed by atoms with Crippen LogP contribution in [0, 0.1) is 13.8 Å². The molecule has 0 spiro atoms. The molecule has 0 unspecified atom stereocenters. The zero-order valence-electron chi connectivity index (χ0n) is 16.6. The molecule has 3 aromatic rings. The van der Waals surface area contributed by atoms with E-state index in [1.807, 2.05) is 56.3 Å². The van der Waals surface area contributed by atoms with Gasteiger partial charge in [-0.2, -0.15) is 0 Å². The Kier molecular flexibility index (Phi) is 5.21. The summed E-state index contributed by atoms with van der Waals surface area (Å²) < 4.78 is 5.77. The normalized spacial score (nSPS) is 13.2. The Labute approximate surface area is 170 Å². The molecule has 5 heteroatoms. The highest BCUT2D eigenvalue weighted by Gasteiger charge is 2.23. The van der Waals surface area contributed by atoms with Crippen molar-refractivity contribution < 1.29 is 14.3 Å². The highest BCUT2D eigenvalue weighted by atomic mass is 16.5. The molecule has 5 nitrogen and oxygen atoms in total. The molecule has 1 aliphatic rings. The second-order valence-electron chi connectivity index (χ2n) is 7.66. The Morgan fingerprint density at radius 1 is 0.966 bits per heavy atom. The van der Waals surface area contributed by atoms with Gasteiger partial charge in [0.15, 0.2) is 6.61 Å². The zero-order valence-corrected chi connectivity index (χ0v) is 16.6. The minimum absolute atomic E-state index is 0.112. The lowest BCUT2D eigenvalue weighted by atomic mass is 10.0. The van der Waals surface area contributed by atoms with E-state index < -0.39 is 0 Å². The van der Waals surface area contributed by atoms with Crippen molar-refractivity contribution >= 4 is 28.3 Å². The number of amides is 2. The number of hydrogen-bond donors (Lipinski definition) is 2. The van der Waals surface area contributed by atoms with E-state index in [0.717, 1.165) is 40.4 Å². The van der Waals surface area contributed by atoms with Crippen molar-refractivity contribution in [1.29, 1.82) is 0 Å². The van der Waals surface area contributed by atoms with E-state index in [9.17, 15) is 9.59 Å². The first-order valence-corrected chi connectivity index (χ1v) is 9.82. The van der Waals surface area contributed by atoms with Gasteiger partial charge in [-0.15, -0.1) is 0 Å². The van der Waals surface area contributed by atoms with E-state index in [2.05, 4.69) is 16.7 Å². The fourth-order valence-electron chi connectivity index (χ4n) is 3.40. The first-order chi connectivity index (χ1) is 14.0. The van der Waals surface area contributed by atoms with Gasteiger partial charge >= 0.3 is 0 Å². The Bertz CT molecular complexity index is 1070. The van der Waals surface area contributed by atoms with E-state index in [0.29, 0.717) is 11.3 Å². The molecule has 0 aromatic heterocycles. The molecule has 0 atom stereocenters. The molecule has 148 valence electrons. The summed E-state index contributed by atoms with van der Waals surface area (Å²) in [6.07, 6.45) is 2.04. The van der Waals surface area contributed by atoms with Crippen molar-refractivity contribution in [3.8, 4) is 5.75 Å². The third kappa shape index (κ3) is 4.74. The standard InChI is InChI=1S/C24H24N2O3/c1-15-9-16(2)11-20(10-15)26-24(28)21-12-17-5-3-4-6-18(17)13-22(21)29-14-23(27)25-19-7-8-19/h3-6,9-13,19H,7-8,14H2,1-2H3,(H,25,27)(H,26,28). The molecule has 3 aromatic carbocycles. The van der Waals surface area contributed by atoms with E-state index in [1.165, 1.54) is 0 Å². The molecule has 4 rings (SSSR count). The number of ether oxygens (including phenoxy) is 1. The topological polar surface area (TPSA) is 67.4 Å². The number of carbonyl (C=O) groups is 2. The van der Waals surface area contributed by atoms with Gasteiger partial charge in [0.2, 0.25) is 0 Å². The van der Waals surface area contributed by atoms with Gasteiger partial charge in [-0.1, -0.05) is 30.3 Å². The molecule has 29 heavy (non-hydrogen) atoms. The van der Waals surface area contributed by atoms with Gasteiger partial charge in [-0.3, -0.25) is 9.59 Å². The smallest absolute Gasteiger partial charge is 0.259 e. The first kappa shape index (κ1) is 19.0. The van der Waals surface area contributed by atoms with Gasteiger partial charge in [0.1, 0.15) is 5.75 Å². The molecule has 1 aliphatic carbocycles. The maximum atomic E-state index is 13.0. The van der Waals surface area contributed by atoms with Crippen molar-refractivity contribution in [3.63, 3.8) is 0 Å². The van der Waals surface area contributed by atoms with Gasteiger partial charge in [0.05, 0.1) is 5.56 Å². The summed E-state index contributed by atoms with van der Waals surface area (Å²) in [5.74, 6) is -0.0313. The van der Waals surface area contributed by atoms with Crippen molar-refractivity contribution in [1.82, 2.24) is 5.32 Å². The maximum Gasteiger partial charge on any atom is 0.259 e. The molecule has 2 N–H and O–H groups in total. The highest BCUT2D eigenvalue weighted by Crippen LogP contribution is 2.27. The fourth-order valence-corrected chi connectivity index (χ4v) is 3.40. The minimum atomic E-state index is -0.265. The molecular weight excluding hydrogens is 364 g/mol. The predicted octanol–water partition coefficient (Wildman–Crippen LogP) is 4.37. The van der Waals surface area contributed by atoms with Crippen LogP contribution in [0.2, 0.25) is 0 Å². The number of benzene rings is 3. The van der Waals surface area contributed by atoms with Crippen LogP contribution < -0.4 is 15.4 Å². The molecule has 0 aliphatic heterocycles. The molecule has 0 bridgehead atoms. The molecular formula is C24H24N2O3. The van der Waals surface area contributed by atoms with Crippen LogP contribution in [0.5, 0.6) is 5.75 Å². The molecule has 1 saturated carbocycles. The SMILES string of the molecule is Cc1cc(C)cc(NC(=O)c2cc3ccccc3cc2OCC(=O)NC2CC2)c1. The van der Waals surface area contributed by atoms with Gasteiger partial charge < -0.3 is 15.4 Å². The number of hydrogen-bond acceptors (Lipinski definition) is 3. The summed E-state index contributed by atoms with van der Waals surface area (Å²) in [6, 6.07) is 17.6. The molecule has 0 radical (unpaired) electrons. The summed E-state index contributed by atoms with van der Waals surface area (Å²) in [5, 5.41) is 7.74. The highest BCUT2D eigenvalue weighted by molar-refractivity contribution is 6.08. The van der Waals surface area contributed by atoms with Gasteiger partial charge in [0, 0.05) is 11.7 Å². The summed E-state index contributed by atoms with van der Waals surface area (Å²) in [7, 11) is 0. The largest absolute Gasteiger partial charge is 0.483 e. The molecule has 0 saturated heterocycles. The summed E-state index contributed by atoms with van der Waals surface area (Å²) >= 11 is 0. The van der Waals surface area contributed by atoms with Crippen LogP contribution in [0.1, 0.15) is 34.3 Å².